The third-order valence-electron chi connectivity index (χ3n) is 5.15. The molecule has 2 heterocycles. The minimum atomic E-state index is 0. The summed E-state index contributed by atoms with van der Waals surface area (Å²) in [6, 6.07) is 0.665. The first-order valence-electron chi connectivity index (χ1n) is 7.98. The first kappa shape index (κ1) is 17.0. The maximum Gasteiger partial charge on any atom is 0.224 e. The van der Waals surface area contributed by atoms with Gasteiger partial charge in [0.05, 0.1) is 13.2 Å². The maximum absolute atomic E-state index is 12.6. The van der Waals surface area contributed by atoms with Gasteiger partial charge in [0.1, 0.15) is 0 Å². The molecule has 3 rings (SSSR count). The van der Waals surface area contributed by atoms with Crippen LogP contribution >= 0.6 is 12.4 Å². The molecule has 2 aliphatic heterocycles. The van der Waals surface area contributed by atoms with Crippen LogP contribution in [0, 0.1) is 10.8 Å². The molecule has 122 valence electrons. The Morgan fingerprint density at radius 3 is 2.76 bits per heavy atom. The molecule has 0 radical (unpaired) electrons. The average Bonchev–Trinajstić information content (AvgIpc) is 2.60. The molecule has 4 nitrogen and oxygen atoms in total. The number of nitrogens with one attached hydrogen (secondary N) is 1. The highest BCUT2D eigenvalue weighted by atomic mass is 35.5. The van der Waals surface area contributed by atoms with Gasteiger partial charge >= 0.3 is 0 Å². The fourth-order valence-corrected chi connectivity index (χ4v) is 4.83. The van der Waals surface area contributed by atoms with E-state index in [9.17, 15) is 4.79 Å². The quantitative estimate of drug-likeness (QED) is 0.849. The zero-order chi connectivity index (χ0) is 14.4. The molecule has 3 aliphatic rings. The summed E-state index contributed by atoms with van der Waals surface area (Å²) < 4.78 is 5.45. The molecule has 1 N–H and O–H groups in total. The molecule has 5 heteroatoms. The standard InChI is InChI=1S/C16H28N2O2.ClH/c1-15(2)7-13-8-16(3,10-15)11-18(13)14(19)6-12-9-20-5-4-17-12;/h12-13,17H,4-11H2,1-3H3;1H. The van der Waals surface area contributed by atoms with E-state index in [4.69, 9.17) is 4.74 Å². The number of morpholine rings is 1. The lowest BCUT2D eigenvalue weighted by atomic mass is 9.65. The Hall–Kier alpha value is -0.320. The minimum Gasteiger partial charge on any atom is -0.378 e. The number of amides is 1. The first-order valence-corrected chi connectivity index (χ1v) is 7.98. The zero-order valence-corrected chi connectivity index (χ0v) is 14.3. The second-order valence-corrected chi connectivity index (χ2v) is 8.17. The second-order valence-electron chi connectivity index (χ2n) is 8.17. The average molecular weight is 317 g/mol. The van der Waals surface area contributed by atoms with Crippen molar-refractivity contribution in [1.29, 1.82) is 0 Å². The van der Waals surface area contributed by atoms with Crippen LogP contribution in [0.4, 0.5) is 0 Å². The van der Waals surface area contributed by atoms with Gasteiger partial charge in [-0.3, -0.25) is 4.79 Å². The van der Waals surface area contributed by atoms with Gasteiger partial charge < -0.3 is 15.0 Å². The molecule has 2 saturated heterocycles. The number of carbonyl (C=O) groups excluding carboxylic acids is 1. The highest BCUT2D eigenvalue weighted by Gasteiger charge is 2.50. The number of nitrogens with zero attached hydrogens (tertiary/aromatic N) is 1. The van der Waals surface area contributed by atoms with Crippen LogP contribution in [0.2, 0.25) is 0 Å². The molecule has 1 amide bonds. The van der Waals surface area contributed by atoms with E-state index in [0.29, 0.717) is 35.8 Å². The number of halogens is 1. The van der Waals surface area contributed by atoms with Crippen molar-refractivity contribution in [2.75, 3.05) is 26.3 Å². The van der Waals surface area contributed by atoms with Crippen LogP contribution in [0.25, 0.3) is 0 Å². The van der Waals surface area contributed by atoms with Gasteiger partial charge in [0, 0.05) is 31.6 Å². The van der Waals surface area contributed by atoms with Crippen LogP contribution < -0.4 is 5.32 Å². The van der Waals surface area contributed by atoms with Crippen LogP contribution in [0.5, 0.6) is 0 Å². The van der Waals surface area contributed by atoms with Gasteiger partial charge in [0.25, 0.3) is 0 Å². The molecule has 0 spiro atoms. The Morgan fingerprint density at radius 1 is 1.33 bits per heavy atom. The second kappa shape index (κ2) is 6.05. The van der Waals surface area contributed by atoms with Gasteiger partial charge in [-0.2, -0.15) is 0 Å². The largest absolute Gasteiger partial charge is 0.378 e. The van der Waals surface area contributed by atoms with Crippen LogP contribution in [-0.4, -0.2) is 49.2 Å². The lowest BCUT2D eigenvalue weighted by molar-refractivity contribution is -0.133. The lowest BCUT2D eigenvalue weighted by Gasteiger charge is -2.39. The SMILES string of the molecule is CC1(C)CC2CC(C)(CN2C(=O)CC2COCCN2)C1.Cl. The number of carbonyl (C=O) groups is 1. The molecule has 1 saturated carbocycles. The zero-order valence-electron chi connectivity index (χ0n) is 13.5. The molecule has 0 aromatic heterocycles. The van der Waals surface area contributed by atoms with Crippen LogP contribution in [-0.2, 0) is 9.53 Å². The van der Waals surface area contributed by atoms with Gasteiger partial charge in [0.2, 0.25) is 5.91 Å². The van der Waals surface area contributed by atoms with Crippen molar-refractivity contribution >= 4 is 18.3 Å². The molecule has 3 atom stereocenters. The van der Waals surface area contributed by atoms with E-state index >= 15 is 0 Å². The molecule has 21 heavy (non-hydrogen) atoms. The molecule has 0 aromatic carbocycles. The Kier molecular flexibility index (Phi) is 4.91. The van der Waals surface area contributed by atoms with Crippen molar-refractivity contribution in [3.8, 4) is 0 Å². The predicted octanol–water partition coefficient (Wildman–Crippen LogP) is 2.21. The van der Waals surface area contributed by atoms with E-state index in [-0.39, 0.29) is 18.4 Å². The van der Waals surface area contributed by atoms with Crippen molar-refractivity contribution < 1.29 is 9.53 Å². The summed E-state index contributed by atoms with van der Waals surface area (Å²) in [6.45, 7) is 10.3. The summed E-state index contributed by atoms with van der Waals surface area (Å²) in [7, 11) is 0. The third kappa shape index (κ3) is 3.72. The highest BCUT2D eigenvalue weighted by molar-refractivity contribution is 5.85. The normalized spacial score (nSPS) is 38.0. The van der Waals surface area contributed by atoms with Crippen LogP contribution in [0.15, 0.2) is 0 Å². The summed E-state index contributed by atoms with van der Waals surface area (Å²) >= 11 is 0. The van der Waals surface area contributed by atoms with Crippen molar-refractivity contribution in [2.24, 2.45) is 10.8 Å². The Balaban J connectivity index is 0.00000161. The molecule has 0 aromatic rings. The van der Waals surface area contributed by atoms with Crippen molar-refractivity contribution in [3.05, 3.63) is 0 Å². The molecule has 3 unspecified atom stereocenters. The van der Waals surface area contributed by atoms with E-state index < -0.39 is 0 Å². The Bertz CT molecular complexity index is 396. The number of hydrogen-bond donors (Lipinski definition) is 1. The van der Waals surface area contributed by atoms with Crippen LogP contribution in [0.3, 0.4) is 0 Å². The van der Waals surface area contributed by atoms with E-state index in [2.05, 4.69) is 31.0 Å². The van der Waals surface area contributed by atoms with E-state index in [1.807, 2.05) is 0 Å². The van der Waals surface area contributed by atoms with Gasteiger partial charge in [-0.1, -0.05) is 20.8 Å². The number of rotatable bonds is 2. The van der Waals surface area contributed by atoms with Gasteiger partial charge in [-0.05, 0) is 30.1 Å². The maximum atomic E-state index is 12.6. The fraction of sp³-hybridized carbons (Fsp3) is 0.938. The van der Waals surface area contributed by atoms with Crippen molar-refractivity contribution in [2.45, 2.75) is 58.5 Å². The van der Waals surface area contributed by atoms with E-state index in [1.54, 1.807) is 0 Å². The highest BCUT2D eigenvalue weighted by Crippen LogP contribution is 2.52. The minimum absolute atomic E-state index is 0. The number of fused-ring (bicyclic) bond motifs is 2. The summed E-state index contributed by atoms with van der Waals surface area (Å²) in [5, 5.41) is 3.39. The van der Waals surface area contributed by atoms with Crippen molar-refractivity contribution in [3.63, 3.8) is 0 Å². The number of hydrogen-bond acceptors (Lipinski definition) is 3. The molecule has 2 bridgehead atoms. The van der Waals surface area contributed by atoms with E-state index in [0.717, 1.165) is 26.1 Å². The first-order chi connectivity index (χ1) is 9.37. The number of likely N-dealkylation sites (tertiary alicyclic amines) is 1. The fourth-order valence-electron chi connectivity index (χ4n) is 4.83. The number of ether oxygens (including phenoxy) is 1. The Labute approximate surface area is 134 Å². The molecule has 1 aliphatic carbocycles. The van der Waals surface area contributed by atoms with E-state index in [1.165, 1.54) is 12.8 Å². The monoisotopic (exact) mass is 316 g/mol. The predicted molar refractivity (Wildman–Crippen MR) is 85.7 cm³/mol. The van der Waals surface area contributed by atoms with Crippen LogP contribution in [0.1, 0.15) is 46.5 Å². The smallest absolute Gasteiger partial charge is 0.224 e. The Morgan fingerprint density at radius 2 is 2.10 bits per heavy atom. The molecular formula is C16H29ClN2O2. The lowest BCUT2D eigenvalue weighted by Crippen LogP contribution is -2.46. The summed E-state index contributed by atoms with van der Waals surface area (Å²) in [5.41, 5.74) is 0.706. The molecular weight excluding hydrogens is 288 g/mol. The summed E-state index contributed by atoms with van der Waals surface area (Å²) in [4.78, 5) is 14.8. The van der Waals surface area contributed by atoms with Gasteiger partial charge in [-0.25, -0.2) is 0 Å². The van der Waals surface area contributed by atoms with Gasteiger partial charge in [0.15, 0.2) is 0 Å². The third-order valence-corrected chi connectivity index (χ3v) is 5.15. The van der Waals surface area contributed by atoms with Crippen molar-refractivity contribution in [1.82, 2.24) is 10.2 Å². The van der Waals surface area contributed by atoms with Gasteiger partial charge in [-0.15, -0.1) is 12.4 Å². The molecule has 3 fully saturated rings. The summed E-state index contributed by atoms with van der Waals surface area (Å²) in [6.07, 6.45) is 4.18. The topological polar surface area (TPSA) is 41.6 Å². The summed E-state index contributed by atoms with van der Waals surface area (Å²) in [5.74, 6) is 0.319.